The van der Waals surface area contributed by atoms with E-state index in [9.17, 15) is 0 Å². The molecule has 0 fully saturated rings. The van der Waals surface area contributed by atoms with Crippen LogP contribution >= 0.6 is 15.9 Å². The van der Waals surface area contributed by atoms with Crippen LogP contribution in [0.4, 0.5) is 0 Å². The van der Waals surface area contributed by atoms with Crippen molar-refractivity contribution in [3.8, 4) is 6.07 Å². The number of rotatable bonds is 0. The molecule has 0 unspecified atom stereocenters. The van der Waals surface area contributed by atoms with E-state index in [1.165, 1.54) is 0 Å². The Labute approximate surface area is 74.0 Å². The smallest absolute Gasteiger partial charge is 0.155 e. The van der Waals surface area contributed by atoms with Gasteiger partial charge < -0.3 is 0 Å². The molecule has 1 rings (SSSR count). The molecule has 1 aromatic heterocycles. The second kappa shape index (κ2) is 3.02. The lowest BCUT2D eigenvalue weighted by Crippen LogP contribution is -1.90. The van der Waals surface area contributed by atoms with Crippen LogP contribution in [0.25, 0.3) is 0 Å². The van der Waals surface area contributed by atoms with Crippen molar-refractivity contribution >= 4 is 15.9 Å². The highest BCUT2D eigenvalue weighted by Gasteiger charge is 2.03. The highest BCUT2D eigenvalue weighted by atomic mass is 79.9. The molecule has 1 heterocycles. The Hall–Kier alpha value is -0.880. The molecule has 0 spiro atoms. The lowest BCUT2D eigenvalue weighted by atomic mass is 10.2. The minimum Gasteiger partial charge on any atom is -0.241 e. The molecule has 0 aliphatic heterocycles. The van der Waals surface area contributed by atoms with Crippen molar-refractivity contribution in [3.63, 3.8) is 0 Å². The Morgan fingerprint density at radius 1 is 1.55 bits per heavy atom. The summed E-state index contributed by atoms with van der Waals surface area (Å²) in [5.74, 6) is 0. The first-order chi connectivity index (χ1) is 5.15. The number of hydrogen-bond donors (Lipinski definition) is 0. The van der Waals surface area contributed by atoms with Gasteiger partial charge in [0.15, 0.2) is 5.69 Å². The Balaban J connectivity index is 3.39. The fourth-order valence-corrected chi connectivity index (χ4v) is 1.19. The highest BCUT2D eigenvalue weighted by Crippen LogP contribution is 2.19. The van der Waals surface area contributed by atoms with Crippen LogP contribution in [0, 0.1) is 25.2 Å². The van der Waals surface area contributed by atoms with E-state index >= 15 is 0 Å². The van der Waals surface area contributed by atoms with Crippen molar-refractivity contribution in [2.24, 2.45) is 0 Å². The van der Waals surface area contributed by atoms with Crippen LogP contribution in [-0.4, -0.2) is 4.98 Å². The Morgan fingerprint density at radius 3 is 2.73 bits per heavy atom. The van der Waals surface area contributed by atoms with Gasteiger partial charge in [-0.25, -0.2) is 4.98 Å². The number of nitrogens with zero attached hydrogens (tertiary/aromatic N) is 2. The zero-order chi connectivity index (χ0) is 8.43. The molecule has 0 radical (unpaired) electrons. The van der Waals surface area contributed by atoms with Gasteiger partial charge in [-0.3, -0.25) is 0 Å². The second-order valence-electron chi connectivity index (χ2n) is 2.35. The van der Waals surface area contributed by atoms with Crippen molar-refractivity contribution in [2.45, 2.75) is 13.8 Å². The van der Waals surface area contributed by atoms with Crippen LogP contribution in [0.2, 0.25) is 0 Å². The summed E-state index contributed by atoms with van der Waals surface area (Å²) >= 11 is 3.29. The summed E-state index contributed by atoms with van der Waals surface area (Å²) in [6.07, 6.45) is 0. The fraction of sp³-hybridized carbons (Fsp3) is 0.250. The van der Waals surface area contributed by atoms with E-state index in [1.54, 1.807) is 0 Å². The lowest BCUT2D eigenvalue weighted by Gasteiger charge is -2.00. The largest absolute Gasteiger partial charge is 0.241 e. The number of hydrogen-bond acceptors (Lipinski definition) is 2. The van der Waals surface area contributed by atoms with Crippen LogP contribution in [0.15, 0.2) is 10.5 Å². The molecule has 0 aliphatic rings. The van der Waals surface area contributed by atoms with Crippen LogP contribution < -0.4 is 0 Å². The molecule has 0 N–H and O–H groups in total. The van der Waals surface area contributed by atoms with E-state index in [-0.39, 0.29) is 0 Å². The number of halogens is 1. The first kappa shape index (κ1) is 8.22. The van der Waals surface area contributed by atoms with Crippen molar-refractivity contribution in [1.29, 1.82) is 5.26 Å². The predicted molar refractivity (Wildman–Crippen MR) is 46.1 cm³/mol. The van der Waals surface area contributed by atoms with Crippen molar-refractivity contribution in [3.05, 3.63) is 27.5 Å². The van der Waals surface area contributed by atoms with E-state index < -0.39 is 0 Å². The number of aromatic nitrogens is 1. The van der Waals surface area contributed by atoms with E-state index in [0.717, 1.165) is 15.7 Å². The highest BCUT2D eigenvalue weighted by molar-refractivity contribution is 9.10. The first-order valence-corrected chi connectivity index (χ1v) is 3.98. The molecule has 0 saturated carbocycles. The van der Waals surface area contributed by atoms with Crippen molar-refractivity contribution in [2.75, 3.05) is 0 Å². The van der Waals surface area contributed by atoms with Crippen LogP contribution in [-0.2, 0) is 0 Å². The van der Waals surface area contributed by atoms with Gasteiger partial charge in [0.25, 0.3) is 0 Å². The molecule has 56 valence electrons. The molecule has 0 saturated heterocycles. The van der Waals surface area contributed by atoms with E-state index in [4.69, 9.17) is 5.26 Å². The zero-order valence-electron chi connectivity index (χ0n) is 6.35. The fourth-order valence-electron chi connectivity index (χ4n) is 0.895. The molecule has 1 aromatic rings. The van der Waals surface area contributed by atoms with Gasteiger partial charge in [-0.2, -0.15) is 5.26 Å². The van der Waals surface area contributed by atoms with E-state index in [1.807, 2.05) is 26.0 Å². The van der Waals surface area contributed by atoms with Crippen LogP contribution in [0.3, 0.4) is 0 Å². The molecule has 0 aliphatic carbocycles. The van der Waals surface area contributed by atoms with Gasteiger partial charge in [0.1, 0.15) is 6.07 Å². The number of pyridine rings is 1. The number of aryl methyl sites for hydroxylation is 2. The van der Waals surface area contributed by atoms with Crippen LogP contribution in [0.5, 0.6) is 0 Å². The minimum absolute atomic E-state index is 0.461. The molecule has 0 bridgehead atoms. The van der Waals surface area contributed by atoms with Gasteiger partial charge in [-0.15, -0.1) is 0 Å². The molecular formula is C8H7BrN2. The van der Waals surface area contributed by atoms with Crippen molar-refractivity contribution < 1.29 is 0 Å². The van der Waals surface area contributed by atoms with Gasteiger partial charge in [0, 0.05) is 5.69 Å². The Morgan fingerprint density at radius 2 is 2.18 bits per heavy atom. The topological polar surface area (TPSA) is 36.7 Å². The van der Waals surface area contributed by atoms with Crippen LogP contribution in [0.1, 0.15) is 17.0 Å². The molecular weight excluding hydrogens is 204 g/mol. The maximum atomic E-state index is 8.62. The van der Waals surface area contributed by atoms with Crippen molar-refractivity contribution in [1.82, 2.24) is 4.98 Å². The Kier molecular flexibility index (Phi) is 2.25. The summed E-state index contributed by atoms with van der Waals surface area (Å²) < 4.78 is 0.797. The first-order valence-electron chi connectivity index (χ1n) is 3.19. The maximum Gasteiger partial charge on any atom is 0.155 e. The average molecular weight is 211 g/mol. The summed E-state index contributed by atoms with van der Waals surface area (Å²) in [7, 11) is 0. The lowest BCUT2D eigenvalue weighted by molar-refractivity contribution is 1.13. The summed E-state index contributed by atoms with van der Waals surface area (Å²) in [4.78, 5) is 4.04. The molecule has 3 heteroatoms. The third-order valence-electron chi connectivity index (χ3n) is 1.37. The van der Waals surface area contributed by atoms with E-state index in [2.05, 4.69) is 20.9 Å². The number of nitriles is 1. The molecule has 0 aromatic carbocycles. The van der Waals surface area contributed by atoms with Gasteiger partial charge >= 0.3 is 0 Å². The van der Waals surface area contributed by atoms with Gasteiger partial charge in [0.2, 0.25) is 0 Å². The Bertz CT molecular complexity index is 326. The average Bonchev–Trinajstić information content (AvgIpc) is 1.96. The molecule has 11 heavy (non-hydrogen) atoms. The maximum absolute atomic E-state index is 8.62. The molecule has 0 atom stereocenters. The SMILES string of the molecule is Cc1cc(C)c(Br)c(C#N)n1. The third kappa shape index (κ3) is 1.58. The molecule has 0 amide bonds. The third-order valence-corrected chi connectivity index (χ3v) is 2.37. The summed E-state index contributed by atoms with van der Waals surface area (Å²) in [5, 5.41) is 8.62. The van der Waals surface area contributed by atoms with Gasteiger partial charge in [-0.05, 0) is 41.4 Å². The molecule has 2 nitrogen and oxygen atoms in total. The van der Waals surface area contributed by atoms with E-state index in [0.29, 0.717) is 5.69 Å². The van der Waals surface area contributed by atoms with Gasteiger partial charge in [-0.1, -0.05) is 0 Å². The second-order valence-corrected chi connectivity index (χ2v) is 3.15. The zero-order valence-corrected chi connectivity index (χ0v) is 7.94. The predicted octanol–water partition coefficient (Wildman–Crippen LogP) is 2.33. The quantitative estimate of drug-likeness (QED) is 0.660. The normalized spacial score (nSPS) is 9.27. The van der Waals surface area contributed by atoms with Gasteiger partial charge in [0.05, 0.1) is 4.47 Å². The standard InChI is InChI=1S/C8H7BrN2/c1-5-3-6(2)11-7(4-10)8(5)9/h3H,1-2H3. The summed E-state index contributed by atoms with van der Waals surface area (Å²) in [6, 6.07) is 3.95. The minimum atomic E-state index is 0.461. The summed E-state index contributed by atoms with van der Waals surface area (Å²) in [5.41, 5.74) is 2.39. The summed E-state index contributed by atoms with van der Waals surface area (Å²) in [6.45, 7) is 3.82. The monoisotopic (exact) mass is 210 g/mol.